The van der Waals surface area contributed by atoms with Gasteiger partial charge in [0, 0.05) is 13.0 Å². The molecule has 1 aliphatic heterocycles. The van der Waals surface area contributed by atoms with Gasteiger partial charge in [0.05, 0.1) is 5.69 Å². The van der Waals surface area contributed by atoms with Crippen molar-refractivity contribution in [1.82, 2.24) is 4.90 Å². The number of anilines is 1. The summed E-state index contributed by atoms with van der Waals surface area (Å²) in [5.74, 6) is -0.297. The standard InChI is InChI=1S/C21H24N2O3/c1-2-15-11-12-18(24)17(14-15)22-21(26)20(16-8-4-3-5-9-16)23-13-7-6-10-19(23)25/h3-5,8-9,11-12,14,20,24H,2,6-7,10,13H2,1H3,(H,22,26). The van der Waals surface area contributed by atoms with Crippen molar-refractivity contribution >= 4 is 17.5 Å². The molecule has 1 atom stereocenters. The molecule has 1 fully saturated rings. The van der Waals surface area contributed by atoms with Gasteiger partial charge in [0.2, 0.25) is 5.91 Å². The fraction of sp³-hybridized carbons (Fsp3) is 0.333. The highest BCUT2D eigenvalue weighted by molar-refractivity contribution is 5.99. The monoisotopic (exact) mass is 352 g/mol. The zero-order valence-corrected chi connectivity index (χ0v) is 14.9. The van der Waals surface area contributed by atoms with Gasteiger partial charge in [-0.1, -0.05) is 43.3 Å². The zero-order chi connectivity index (χ0) is 18.5. The Morgan fingerprint density at radius 2 is 1.96 bits per heavy atom. The van der Waals surface area contributed by atoms with Crippen LogP contribution in [0, 0.1) is 0 Å². The predicted molar refractivity (Wildman–Crippen MR) is 101 cm³/mol. The lowest BCUT2D eigenvalue weighted by molar-refractivity contribution is -0.141. The summed E-state index contributed by atoms with van der Waals surface area (Å²) in [6.45, 7) is 2.57. The molecule has 5 heteroatoms. The molecule has 0 saturated carbocycles. The number of likely N-dealkylation sites (tertiary alicyclic amines) is 1. The molecule has 1 unspecified atom stereocenters. The molecule has 0 aromatic heterocycles. The first-order valence-electron chi connectivity index (χ1n) is 9.07. The van der Waals surface area contributed by atoms with Crippen LogP contribution in [0.5, 0.6) is 5.75 Å². The third-order valence-corrected chi connectivity index (χ3v) is 4.76. The Morgan fingerprint density at radius 1 is 1.19 bits per heavy atom. The van der Waals surface area contributed by atoms with E-state index in [1.54, 1.807) is 17.0 Å². The quantitative estimate of drug-likeness (QED) is 0.807. The number of hydrogen-bond donors (Lipinski definition) is 2. The molecule has 1 heterocycles. The molecule has 26 heavy (non-hydrogen) atoms. The lowest BCUT2D eigenvalue weighted by Crippen LogP contribution is -2.43. The average Bonchev–Trinajstić information content (AvgIpc) is 2.66. The van der Waals surface area contributed by atoms with Gasteiger partial charge in [-0.25, -0.2) is 0 Å². The van der Waals surface area contributed by atoms with E-state index in [0.29, 0.717) is 18.7 Å². The molecule has 2 aromatic carbocycles. The summed E-state index contributed by atoms with van der Waals surface area (Å²) >= 11 is 0. The van der Waals surface area contributed by atoms with E-state index >= 15 is 0 Å². The second-order valence-electron chi connectivity index (χ2n) is 6.55. The van der Waals surface area contributed by atoms with E-state index in [2.05, 4.69) is 5.32 Å². The van der Waals surface area contributed by atoms with Crippen LogP contribution in [0.2, 0.25) is 0 Å². The maximum absolute atomic E-state index is 13.1. The molecule has 0 bridgehead atoms. The topological polar surface area (TPSA) is 69.6 Å². The van der Waals surface area contributed by atoms with Crippen molar-refractivity contribution in [3.05, 3.63) is 59.7 Å². The molecular formula is C21H24N2O3. The molecule has 136 valence electrons. The van der Waals surface area contributed by atoms with Crippen molar-refractivity contribution in [2.24, 2.45) is 0 Å². The number of aromatic hydroxyl groups is 1. The maximum atomic E-state index is 13.1. The first-order chi connectivity index (χ1) is 12.6. The number of aryl methyl sites for hydroxylation is 1. The Bertz CT molecular complexity index is 789. The zero-order valence-electron chi connectivity index (χ0n) is 14.9. The van der Waals surface area contributed by atoms with Gasteiger partial charge in [-0.15, -0.1) is 0 Å². The summed E-state index contributed by atoms with van der Waals surface area (Å²) in [5, 5.41) is 12.9. The molecule has 2 aromatic rings. The smallest absolute Gasteiger partial charge is 0.251 e. The van der Waals surface area contributed by atoms with Crippen LogP contribution in [-0.4, -0.2) is 28.4 Å². The van der Waals surface area contributed by atoms with Crippen molar-refractivity contribution < 1.29 is 14.7 Å². The summed E-state index contributed by atoms with van der Waals surface area (Å²) in [6.07, 6.45) is 3.01. The maximum Gasteiger partial charge on any atom is 0.251 e. The number of amides is 2. The molecular weight excluding hydrogens is 328 g/mol. The summed E-state index contributed by atoms with van der Waals surface area (Å²) < 4.78 is 0. The summed E-state index contributed by atoms with van der Waals surface area (Å²) in [4.78, 5) is 27.2. The predicted octanol–water partition coefficient (Wildman–Crippen LogP) is 3.65. The largest absolute Gasteiger partial charge is 0.506 e. The van der Waals surface area contributed by atoms with Gasteiger partial charge in [0.25, 0.3) is 5.91 Å². The van der Waals surface area contributed by atoms with E-state index in [1.807, 2.05) is 43.3 Å². The number of carbonyl (C=O) groups excluding carboxylic acids is 2. The summed E-state index contributed by atoms with van der Waals surface area (Å²) in [6, 6.07) is 13.8. The van der Waals surface area contributed by atoms with Crippen LogP contribution in [0.15, 0.2) is 48.5 Å². The van der Waals surface area contributed by atoms with Crippen molar-refractivity contribution in [1.29, 1.82) is 0 Å². The molecule has 2 amide bonds. The van der Waals surface area contributed by atoms with E-state index in [9.17, 15) is 14.7 Å². The number of nitrogens with one attached hydrogen (secondary N) is 1. The van der Waals surface area contributed by atoms with Crippen molar-refractivity contribution in [2.75, 3.05) is 11.9 Å². The highest BCUT2D eigenvalue weighted by Gasteiger charge is 2.33. The first-order valence-corrected chi connectivity index (χ1v) is 9.07. The van der Waals surface area contributed by atoms with Gasteiger partial charge in [-0.3, -0.25) is 9.59 Å². The van der Waals surface area contributed by atoms with E-state index < -0.39 is 6.04 Å². The molecule has 0 spiro atoms. The molecule has 1 saturated heterocycles. The van der Waals surface area contributed by atoms with Crippen LogP contribution >= 0.6 is 0 Å². The third-order valence-electron chi connectivity index (χ3n) is 4.76. The Balaban J connectivity index is 1.91. The van der Waals surface area contributed by atoms with Crippen LogP contribution < -0.4 is 5.32 Å². The van der Waals surface area contributed by atoms with Crippen LogP contribution in [0.4, 0.5) is 5.69 Å². The van der Waals surface area contributed by atoms with Gasteiger partial charge in [0.1, 0.15) is 11.8 Å². The number of phenolic OH excluding ortho intramolecular Hbond substituents is 1. The van der Waals surface area contributed by atoms with Crippen LogP contribution in [0.3, 0.4) is 0 Å². The van der Waals surface area contributed by atoms with E-state index in [1.165, 1.54) is 0 Å². The summed E-state index contributed by atoms with van der Waals surface area (Å²) in [5.41, 5.74) is 2.16. The van der Waals surface area contributed by atoms with Crippen molar-refractivity contribution in [3.63, 3.8) is 0 Å². The minimum absolute atomic E-state index is 0.00761. The van der Waals surface area contributed by atoms with Gasteiger partial charge < -0.3 is 15.3 Å². The Hall–Kier alpha value is -2.82. The second-order valence-corrected chi connectivity index (χ2v) is 6.55. The lowest BCUT2D eigenvalue weighted by atomic mass is 10.00. The first kappa shape index (κ1) is 18.0. The minimum atomic E-state index is -0.700. The lowest BCUT2D eigenvalue weighted by Gasteiger charge is -2.34. The van der Waals surface area contributed by atoms with Crippen LogP contribution in [0.25, 0.3) is 0 Å². The Morgan fingerprint density at radius 3 is 2.65 bits per heavy atom. The Kier molecular flexibility index (Phi) is 5.56. The molecule has 1 aliphatic rings. The third kappa shape index (κ3) is 3.87. The number of hydrogen-bond acceptors (Lipinski definition) is 3. The van der Waals surface area contributed by atoms with E-state index in [-0.39, 0.29) is 17.6 Å². The van der Waals surface area contributed by atoms with Gasteiger partial charge in [-0.05, 0) is 42.5 Å². The van der Waals surface area contributed by atoms with Crippen molar-refractivity contribution in [2.45, 2.75) is 38.6 Å². The van der Waals surface area contributed by atoms with Gasteiger partial charge >= 0.3 is 0 Å². The number of piperidine rings is 1. The fourth-order valence-corrected chi connectivity index (χ4v) is 3.31. The number of phenols is 1. The average molecular weight is 352 g/mol. The van der Waals surface area contributed by atoms with Crippen molar-refractivity contribution in [3.8, 4) is 5.75 Å². The minimum Gasteiger partial charge on any atom is -0.506 e. The molecule has 5 nitrogen and oxygen atoms in total. The molecule has 0 radical (unpaired) electrons. The number of nitrogens with zero attached hydrogens (tertiary/aromatic N) is 1. The van der Waals surface area contributed by atoms with Gasteiger partial charge in [-0.2, -0.15) is 0 Å². The highest BCUT2D eigenvalue weighted by Crippen LogP contribution is 2.30. The fourth-order valence-electron chi connectivity index (χ4n) is 3.31. The number of carbonyl (C=O) groups is 2. The highest BCUT2D eigenvalue weighted by atomic mass is 16.3. The van der Waals surface area contributed by atoms with Crippen LogP contribution in [-0.2, 0) is 16.0 Å². The Labute approximate surface area is 153 Å². The van der Waals surface area contributed by atoms with E-state index in [4.69, 9.17) is 0 Å². The van der Waals surface area contributed by atoms with Crippen LogP contribution in [0.1, 0.15) is 43.4 Å². The van der Waals surface area contributed by atoms with E-state index in [0.717, 1.165) is 30.4 Å². The SMILES string of the molecule is CCc1ccc(O)c(NC(=O)C(c2ccccc2)N2CCCCC2=O)c1. The molecule has 2 N–H and O–H groups in total. The summed E-state index contributed by atoms with van der Waals surface area (Å²) in [7, 11) is 0. The molecule has 3 rings (SSSR count). The number of rotatable bonds is 5. The molecule has 0 aliphatic carbocycles. The number of benzene rings is 2. The second kappa shape index (κ2) is 8.04. The van der Waals surface area contributed by atoms with Gasteiger partial charge in [0.15, 0.2) is 0 Å². The normalized spacial score (nSPS) is 15.6.